The minimum Gasteiger partial charge on any atom is -0.349 e. The van der Waals surface area contributed by atoms with Crippen LogP contribution >= 0.6 is 0 Å². The van der Waals surface area contributed by atoms with Gasteiger partial charge in [-0.15, -0.1) is 0 Å². The maximum atomic E-state index is 12.9. The van der Waals surface area contributed by atoms with Crippen molar-refractivity contribution in [2.75, 3.05) is 13.1 Å². The highest BCUT2D eigenvalue weighted by molar-refractivity contribution is 7.89. The zero-order valence-electron chi connectivity index (χ0n) is 17.3. The summed E-state index contributed by atoms with van der Waals surface area (Å²) < 4.78 is 65.5. The molecule has 1 saturated heterocycles. The Morgan fingerprint density at radius 3 is 2.29 bits per heavy atom. The van der Waals surface area contributed by atoms with Crippen molar-refractivity contribution in [2.45, 2.75) is 43.8 Å². The van der Waals surface area contributed by atoms with Crippen molar-refractivity contribution in [1.82, 2.24) is 9.62 Å². The number of nitrogens with one attached hydrogen (secondary N) is 1. The van der Waals surface area contributed by atoms with Crippen LogP contribution in [0.1, 0.15) is 42.5 Å². The number of hydrogen-bond acceptors (Lipinski definition) is 3. The highest BCUT2D eigenvalue weighted by Crippen LogP contribution is 2.32. The lowest BCUT2D eigenvalue weighted by Crippen LogP contribution is -2.43. The van der Waals surface area contributed by atoms with E-state index in [0.717, 1.165) is 33.6 Å². The standard InChI is InChI=1S/C22H25F3N2O3S/c1-15-6-8-17(9-7-15)16(2)26-21(28)18-10-12-27(13-11-18)31(29,30)20-5-3-4-19(14-20)22(23,24)25/h3-9,14,16,18H,10-13H2,1-2H3,(H,26,28). The first-order valence-electron chi connectivity index (χ1n) is 10.0. The summed E-state index contributed by atoms with van der Waals surface area (Å²) in [6.45, 7) is 4.02. The van der Waals surface area contributed by atoms with E-state index in [-0.39, 0.29) is 31.0 Å². The van der Waals surface area contributed by atoms with Gasteiger partial charge in [0.2, 0.25) is 15.9 Å². The second-order valence-electron chi connectivity index (χ2n) is 7.84. The quantitative estimate of drug-likeness (QED) is 0.733. The molecule has 5 nitrogen and oxygen atoms in total. The molecule has 1 amide bonds. The first-order valence-corrected chi connectivity index (χ1v) is 11.5. The molecule has 1 heterocycles. The molecule has 0 aliphatic carbocycles. The Hall–Kier alpha value is -2.39. The molecule has 2 aromatic rings. The van der Waals surface area contributed by atoms with Gasteiger partial charge >= 0.3 is 6.18 Å². The number of hydrogen-bond donors (Lipinski definition) is 1. The molecule has 0 spiro atoms. The fourth-order valence-electron chi connectivity index (χ4n) is 3.61. The van der Waals surface area contributed by atoms with Crippen molar-refractivity contribution in [2.24, 2.45) is 5.92 Å². The van der Waals surface area contributed by atoms with Gasteiger partial charge in [0, 0.05) is 19.0 Å². The zero-order valence-corrected chi connectivity index (χ0v) is 18.1. The predicted octanol–water partition coefficient (Wildman–Crippen LogP) is 4.29. The van der Waals surface area contributed by atoms with E-state index in [9.17, 15) is 26.4 Å². The number of aryl methyl sites for hydroxylation is 1. The minimum absolute atomic E-state index is 0.0789. The summed E-state index contributed by atoms with van der Waals surface area (Å²) in [5.74, 6) is -0.495. The number of alkyl halides is 3. The van der Waals surface area contributed by atoms with Gasteiger partial charge < -0.3 is 5.32 Å². The third kappa shape index (κ3) is 5.46. The lowest BCUT2D eigenvalue weighted by atomic mass is 9.96. The second kappa shape index (κ2) is 9.00. The molecule has 2 aromatic carbocycles. The molecule has 0 saturated carbocycles. The number of carbonyl (C=O) groups is 1. The van der Waals surface area contributed by atoms with Gasteiger partial charge in [0.1, 0.15) is 0 Å². The van der Waals surface area contributed by atoms with Crippen LogP contribution in [-0.4, -0.2) is 31.7 Å². The van der Waals surface area contributed by atoms with Gasteiger partial charge in [0.05, 0.1) is 16.5 Å². The molecule has 1 N–H and O–H groups in total. The minimum atomic E-state index is -4.62. The fraction of sp³-hybridized carbons (Fsp3) is 0.409. The number of amides is 1. The predicted molar refractivity (Wildman–Crippen MR) is 111 cm³/mol. The molecule has 3 rings (SSSR count). The number of benzene rings is 2. The molecule has 1 atom stereocenters. The Kier molecular flexibility index (Phi) is 6.76. The third-order valence-electron chi connectivity index (χ3n) is 5.56. The molecule has 0 bridgehead atoms. The maximum Gasteiger partial charge on any atom is 0.416 e. The first-order chi connectivity index (χ1) is 14.5. The summed E-state index contributed by atoms with van der Waals surface area (Å²) in [6, 6.07) is 11.4. The van der Waals surface area contributed by atoms with Gasteiger partial charge in [-0.2, -0.15) is 17.5 Å². The highest BCUT2D eigenvalue weighted by atomic mass is 32.2. The monoisotopic (exact) mass is 454 g/mol. The van der Waals surface area contributed by atoms with Crippen molar-refractivity contribution < 1.29 is 26.4 Å². The van der Waals surface area contributed by atoms with Crippen LogP contribution in [0.2, 0.25) is 0 Å². The van der Waals surface area contributed by atoms with Crippen LogP contribution < -0.4 is 5.32 Å². The molecule has 1 fully saturated rings. The maximum absolute atomic E-state index is 12.9. The Morgan fingerprint density at radius 2 is 1.71 bits per heavy atom. The van der Waals surface area contributed by atoms with Crippen LogP contribution in [0.15, 0.2) is 53.4 Å². The number of nitrogens with zero attached hydrogens (tertiary/aromatic N) is 1. The van der Waals surface area contributed by atoms with Crippen LogP contribution in [0.4, 0.5) is 13.2 Å². The van der Waals surface area contributed by atoms with Crippen molar-refractivity contribution >= 4 is 15.9 Å². The average Bonchev–Trinajstić information content (AvgIpc) is 2.73. The summed E-state index contributed by atoms with van der Waals surface area (Å²) in [4.78, 5) is 12.2. The number of halogens is 3. The molecular formula is C22H25F3N2O3S. The second-order valence-corrected chi connectivity index (χ2v) is 9.78. The van der Waals surface area contributed by atoms with Crippen molar-refractivity contribution in [3.8, 4) is 0 Å². The highest BCUT2D eigenvalue weighted by Gasteiger charge is 2.35. The van der Waals surface area contributed by atoms with Gasteiger partial charge in [-0.3, -0.25) is 4.79 Å². The Morgan fingerprint density at radius 1 is 1.10 bits per heavy atom. The number of rotatable bonds is 5. The van der Waals surface area contributed by atoms with E-state index in [1.807, 2.05) is 38.1 Å². The number of carbonyl (C=O) groups excluding carboxylic acids is 1. The molecule has 0 aromatic heterocycles. The third-order valence-corrected chi connectivity index (χ3v) is 7.45. The van der Waals surface area contributed by atoms with Gasteiger partial charge in [-0.25, -0.2) is 8.42 Å². The summed E-state index contributed by atoms with van der Waals surface area (Å²) in [6.07, 6.45) is -4.00. The summed E-state index contributed by atoms with van der Waals surface area (Å²) >= 11 is 0. The van der Waals surface area contributed by atoms with E-state index in [2.05, 4.69) is 5.32 Å². The normalized spacial score (nSPS) is 17.3. The molecule has 1 aliphatic rings. The van der Waals surface area contributed by atoms with Gasteiger partial charge in [-0.05, 0) is 50.5 Å². The smallest absolute Gasteiger partial charge is 0.349 e. The summed E-state index contributed by atoms with van der Waals surface area (Å²) in [5, 5.41) is 2.96. The molecule has 9 heteroatoms. The molecule has 0 radical (unpaired) electrons. The van der Waals surface area contributed by atoms with Crippen LogP contribution in [0, 0.1) is 12.8 Å². The van der Waals surface area contributed by atoms with E-state index in [4.69, 9.17) is 0 Å². The SMILES string of the molecule is Cc1ccc(C(C)NC(=O)C2CCN(S(=O)(=O)c3cccc(C(F)(F)F)c3)CC2)cc1. The van der Waals surface area contributed by atoms with Crippen LogP contribution in [0.3, 0.4) is 0 Å². The van der Waals surface area contributed by atoms with Gasteiger partial charge in [0.15, 0.2) is 0 Å². The van der Waals surface area contributed by atoms with Crippen LogP contribution in [0.5, 0.6) is 0 Å². The van der Waals surface area contributed by atoms with E-state index < -0.39 is 26.7 Å². The lowest BCUT2D eigenvalue weighted by molar-refractivity contribution is -0.137. The van der Waals surface area contributed by atoms with E-state index in [1.165, 1.54) is 0 Å². The fourth-order valence-corrected chi connectivity index (χ4v) is 5.13. The van der Waals surface area contributed by atoms with Crippen LogP contribution in [-0.2, 0) is 21.0 Å². The largest absolute Gasteiger partial charge is 0.416 e. The van der Waals surface area contributed by atoms with Crippen molar-refractivity contribution in [3.05, 3.63) is 65.2 Å². The first kappa shape index (κ1) is 23.3. The number of piperidine rings is 1. The Bertz CT molecular complexity index is 1030. The zero-order chi connectivity index (χ0) is 22.8. The van der Waals surface area contributed by atoms with Crippen molar-refractivity contribution in [1.29, 1.82) is 0 Å². The molecular weight excluding hydrogens is 429 g/mol. The van der Waals surface area contributed by atoms with Gasteiger partial charge in [0.25, 0.3) is 0 Å². The summed E-state index contributed by atoms with van der Waals surface area (Å²) in [5.41, 5.74) is 1.09. The van der Waals surface area contributed by atoms with E-state index in [0.29, 0.717) is 18.9 Å². The molecule has 1 aliphatic heterocycles. The lowest BCUT2D eigenvalue weighted by Gasteiger charge is -2.31. The molecule has 168 valence electrons. The summed E-state index contributed by atoms with van der Waals surface area (Å²) in [7, 11) is -4.06. The molecule has 1 unspecified atom stereocenters. The Balaban J connectivity index is 1.62. The molecule has 31 heavy (non-hydrogen) atoms. The number of sulfonamides is 1. The van der Waals surface area contributed by atoms with Crippen molar-refractivity contribution in [3.63, 3.8) is 0 Å². The van der Waals surface area contributed by atoms with Gasteiger partial charge in [-0.1, -0.05) is 35.9 Å². The van der Waals surface area contributed by atoms with Crippen LogP contribution in [0.25, 0.3) is 0 Å². The average molecular weight is 455 g/mol. The Labute approximate surface area is 180 Å². The topological polar surface area (TPSA) is 66.5 Å². The van der Waals surface area contributed by atoms with E-state index >= 15 is 0 Å². The van der Waals surface area contributed by atoms with E-state index in [1.54, 1.807) is 0 Å².